The number of halogens is 1. The lowest BCUT2D eigenvalue weighted by Gasteiger charge is -2.34. The number of likely N-dealkylation sites (N-methyl/N-ethyl adjacent to an activating group) is 1. The molecule has 34 heavy (non-hydrogen) atoms. The first-order chi connectivity index (χ1) is 16.4. The molecule has 5 rings (SSSR count). The maximum atomic E-state index is 13.9. The standard InChI is InChI=1S/C26H27ClN4O3/c1-17-8-9-20(34-17)16-31-25(32)24-21(23-14-28-10-11-29(23)2)12-19(27)13-22(24)30(26(31)33)15-18-6-4-3-5-7-18/h3-9,12-13,23,28H,10-11,14-16H2,1-2H3. The first-order valence-electron chi connectivity index (χ1n) is 11.4. The number of benzene rings is 2. The molecule has 7 nitrogen and oxygen atoms in total. The van der Waals surface area contributed by atoms with Crippen LogP contribution in [-0.2, 0) is 13.1 Å². The summed E-state index contributed by atoms with van der Waals surface area (Å²) in [7, 11) is 2.04. The number of nitrogens with one attached hydrogen (secondary N) is 1. The summed E-state index contributed by atoms with van der Waals surface area (Å²) in [6, 6.07) is 16.9. The number of aromatic nitrogens is 2. The van der Waals surface area contributed by atoms with E-state index >= 15 is 0 Å². The number of furan rings is 1. The van der Waals surface area contributed by atoms with E-state index in [-0.39, 0.29) is 18.1 Å². The van der Waals surface area contributed by atoms with Crippen molar-refractivity contribution in [3.8, 4) is 0 Å². The molecule has 1 atom stereocenters. The van der Waals surface area contributed by atoms with Gasteiger partial charge in [-0.15, -0.1) is 0 Å². The number of aryl methyl sites for hydroxylation is 1. The van der Waals surface area contributed by atoms with Crippen molar-refractivity contribution in [2.45, 2.75) is 26.1 Å². The average molecular weight is 479 g/mol. The van der Waals surface area contributed by atoms with E-state index < -0.39 is 5.69 Å². The van der Waals surface area contributed by atoms with Crippen molar-refractivity contribution >= 4 is 22.5 Å². The normalized spacial score (nSPS) is 16.9. The number of fused-ring (bicyclic) bond motifs is 1. The summed E-state index contributed by atoms with van der Waals surface area (Å²) in [5.41, 5.74) is 1.62. The van der Waals surface area contributed by atoms with Gasteiger partial charge in [-0.2, -0.15) is 0 Å². The summed E-state index contributed by atoms with van der Waals surface area (Å²) in [6.07, 6.45) is 0. The topological polar surface area (TPSA) is 72.4 Å². The van der Waals surface area contributed by atoms with Gasteiger partial charge >= 0.3 is 5.69 Å². The van der Waals surface area contributed by atoms with E-state index in [0.29, 0.717) is 34.8 Å². The SMILES string of the molecule is Cc1ccc(Cn2c(=O)c3c(C4CNCCN4C)cc(Cl)cc3n(Cc3ccccc3)c2=O)o1. The van der Waals surface area contributed by atoms with Crippen LogP contribution in [0.25, 0.3) is 10.9 Å². The number of hydrogen-bond acceptors (Lipinski definition) is 5. The van der Waals surface area contributed by atoms with Gasteiger partial charge in [-0.3, -0.25) is 18.8 Å². The van der Waals surface area contributed by atoms with Crippen molar-refractivity contribution in [3.05, 3.63) is 103 Å². The minimum atomic E-state index is -0.390. The molecule has 1 fully saturated rings. The van der Waals surface area contributed by atoms with Gasteiger partial charge in [-0.05, 0) is 49.4 Å². The van der Waals surface area contributed by atoms with E-state index in [2.05, 4.69) is 10.2 Å². The molecule has 1 unspecified atom stereocenters. The van der Waals surface area contributed by atoms with Crippen LogP contribution in [0, 0.1) is 6.92 Å². The Labute approximate surface area is 202 Å². The number of piperazine rings is 1. The third-order valence-electron chi connectivity index (χ3n) is 6.49. The molecule has 1 aliphatic rings. The fourth-order valence-electron chi connectivity index (χ4n) is 4.73. The Morgan fingerprint density at radius 1 is 1.06 bits per heavy atom. The number of rotatable bonds is 5. The molecule has 0 saturated carbocycles. The lowest BCUT2D eigenvalue weighted by molar-refractivity contribution is 0.203. The van der Waals surface area contributed by atoms with Gasteiger partial charge < -0.3 is 9.73 Å². The molecule has 0 bridgehead atoms. The third kappa shape index (κ3) is 4.22. The molecular weight excluding hydrogens is 452 g/mol. The quantitative estimate of drug-likeness (QED) is 0.476. The van der Waals surface area contributed by atoms with Crippen molar-refractivity contribution in [2.75, 3.05) is 26.7 Å². The predicted molar refractivity (Wildman–Crippen MR) is 134 cm³/mol. The predicted octanol–water partition coefficient (Wildman–Crippen LogP) is 3.39. The fraction of sp³-hybridized carbons (Fsp3) is 0.308. The molecule has 4 aromatic rings. The van der Waals surface area contributed by atoms with Gasteiger partial charge in [0.1, 0.15) is 11.5 Å². The van der Waals surface area contributed by atoms with Gasteiger partial charge in [-0.1, -0.05) is 41.9 Å². The average Bonchev–Trinajstić information content (AvgIpc) is 3.24. The van der Waals surface area contributed by atoms with Crippen molar-refractivity contribution in [1.82, 2.24) is 19.4 Å². The molecule has 2 aromatic carbocycles. The van der Waals surface area contributed by atoms with Crippen LogP contribution in [0.2, 0.25) is 5.02 Å². The first-order valence-corrected chi connectivity index (χ1v) is 11.8. The van der Waals surface area contributed by atoms with E-state index in [4.69, 9.17) is 16.0 Å². The zero-order chi connectivity index (χ0) is 23.8. The Hall–Kier alpha value is -3.13. The summed E-state index contributed by atoms with van der Waals surface area (Å²) in [4.78, 5) is 29.8. The van der Waals surface area contributed by atoms with Crippen LogP contribution in [0.5, 0.6) is 0 Å². The molecular formula is C26H27ClN4O3. The van der Waals surface area contributed by atoms with Crippen LogP contribution in [0.1, 0.15) is 28.7 Å². The van der Waals surface area contributed by atoms with Gasteiger partial charge in [0.05, 0.1) is 24.0 Å². The van der Waals surface area contributed by atoms with E-state index in [1.54, 1.807) is 16.7 Å². The van der Waals surface area contributed by atoms with E-state index in [0.717, 1.165) is 30.0 Å². The monoisotopic (exact) mass is 478 g/mol. The molecule has 0 radical (unpaired) electrons. The third-order valence-corrected chi connectivity index (χ3v) is 6.71. The smallest absolute Gasteiger partial charge is 0.332 e. The van der Waals surface area contributed by atoms with E-state index in [9.17, 15) is 9.59 Å². The molecule has 0 spiro atoms. The molecule has 1 aliphatic heterocycles. The zero-order valence-electron chi connectivity index (χ0n) is 19.3. The number of nitrogens with zero attached hydrogens (tertiary/aromatic N) is 3. The highest BCUT2D eigenvalue weighted by atomic mass is 35.5. The molecule has 8 heteroatoms. The lowest BCUT2D eigenvalue weighted by atomic mass is 9.99. The second-order valence-corrected chi connectivity index (χ2v) is 9.28. The van der Waals surface area contributed by atoms with Gasteiger partial charge in [-0.25, -0.2) is 4.79 Å². The fourth-order valence-corrected chi connectivity index (χ4v) is 4.95. The van der Waals surface area contributed by atoms with Crippen LogP contribution in [0.15, 0.2) is 68.6 Å². The molecule has 2 aromatic heterocycles. The van der Waals surface area contributed by atoms with Crippen molar-refractivity contribution in [1.29, 1.82) is 0 Å². The van der Waals surface area contributed by atoms with Crippen LogP contribution < -0.4 is 16.6 Å². The summed E-state index contributed by atoms with van der Waals surface area (Å²) in [5, 5.41) is 4.43. The largest absolute Gasteiger partial charge is 0.464 e. The van der Waals surface area contributed by atoms with E-state index in [1.165, 1.54) is 4.57 Å². The highest BCUT2D eigenvalue weighted by Gasteiger charge is 2.26. The Kier molecular flexibility index (Phi) is 6.16. The van der Waals surface area contributed by atoms with Gasteiger partial charge in [0, 0.05) is 30.7 Å². The summed E-state index contributed by atoms with van der Waals surface area (Å²) in [5.74, 6) is 1.30. The minimum Gasteiger partial charge on any atom is -0.464 e. The Morgan fingerprint density at radius 3 is 2.56 bits per heavy atom. The molecule has 176 valence electrons. The second-order valence-electron chi connectivity index (χ2n) is 8.85. The Morgan fingerprint density at radius 2 is 1.85 bits per heavy atom. The lowest BCUT2D eigenvalue weighted by Crippen LogP contribution is -2.45. The van der Waals surface area contributed by atoms with Crippen molar-refractivity contribution in [3.63, 3.8) is 0 Å². The van der Waals surface area contributed by atoms with Crippen molar-refractivity contribution < 1.29 is 4.42 Å². The van der Waals surface area contributed by atoms with Crippen molar-refractivity contribution in [2.24, 2.45) is 0 Å². The van der Waals surface area contributed by atoms with Gasteiger partial charge in [0.25, 0.3) is 5.56 Å². The molecule has 3 heterocycles. The number of hydrogen-bond donors (Lipinski definition) is 1. The second kappa shape index (κ2) is 9.25. The Bertz CT molecular complexity index is 1450. The van der Waals surface area contributed by atoms with Crippen LogP contribution in [0.3, 0.4) is 0 Å². The highest BCUT2D eigenvalue weighted by Crippen LogP contribution is 2.30. The molecule has 0 aliphatic carbocycles. The summed E-state index contributed by atoms with van der Waals surface area (Å²) >= 11 is 6.56. The molecule has 0 amide bonds. The first kappa shape index (κ1) is 22.7. The van der Waals surface area contributed by atoms with Crippen LogP contribution in [0.4, 0.5) is 0 Å². The van der Waals surface area contributed by atoms with Crippen LogP contribution in [-0.4, -0.2) is 40.7 Å². The Balaban J connectivity index is 1.79. The van der Waals surface area contributed by atoms with Gasteiger partial charge in [0.15, 0.2) is 0 Å². The molecule has 1 saturated heterocycles. The highest BCUT2D eigenvalue weighted by molar-refractivity contribution is 6.31. The molecule has 1 N–H and O–H groups in total. The van der Waals surface area contributed by atoms with Crippen LogP contribution >= 0.6 is 11.6 Å². The van der Waals surface area contributed by atoms with E-state index in [1.807, 2.05) is 56.4 Å². The zero-order valence-corrected chi connectivity index (χ0v) is 20.0. The maximum absolute atomic E-state index is 13.9. The summed E-state index contributed by atoms with van der Waals surface area (Å²) in [6.45, 7) is 4.66. The maximum Gasteiger partial charge on any atom is 0.332 e. The minimum absolute atomic E-state index is 0.0374. The van der Waals surface area contributed by atoms with Gasteiger partial charge in [0.2, 0.25) is 0 Å². The summed E-state index contributed by atoms with van der Waals surface area (Å²) < 4.78 is 8.62.